The van der Waals surface area contributed by atoms with Gasteiger partial charge in [-0.05, 0) is 37.5 Å². The van der Waals surface area contributed by atoms with E-state index in [0.29, 0.717) is 6.79 Å². The fraction of sp³-hybridized carbons (Fsp3) is 0.455. The van der Waals surface area contributed by atoms with Gasteiger partial charge in [-0.2, -0.15) is 0 Å². The van der Waals surface area contributed by atoms with E-state index in [1.807, 2.05) is 19.1 Å². The second-order valence-corrected chi connectivity index (χ2v) is 4.67. The Balaban J connectivity index is 2.17. The van der Waals surface area contributed by atoms with Crippen LogP contribution in [0.5, 0.6) is 11.5 Å². The molecule has 82 valence electrons. The summed E-state index contributed by atoms with van der Waals surface area (Å²) < 4.78 is 11.7. The van der Waals surface area contributed by atoms with Crippen molar-refractivity contribution in [2.75, 3.05) is 6.79 Å². The van der Waals surface area contributed by atoms with Crippen LogP contribution in [0.2, 0.25) is 0 Å². The maximum Gasteiger partial charge on any atom is 0.231 e. The molecule has 1 aliphatic rings. The predicted octanol–water partition coefficient (Wildman–Crippen LogP) is 2.46. The van der Waals surface area contributed by atoms with Crippen molar-refractivity contribution in [3.63, 3.8) is 0 Å². The van der Waals surface area contributed by atoms with Gasteiger partial charge in [0.1, 0.15) is 0 Å². The minimum Gasteiger partial charge on any atom is -0.454 e. The molecule has 2 rings (SSSR count). The summed E-state index contributed by atoms with van der Waals surface area (Å²) in [7, 11) is 0. The molecule has 1 aromatic rings. The first kappa shape index (κ1) is 10.8. The van der Waals surface area contributed by atoms with Gasteiger partial charge in [-0.3, -0.25) is 0 Å². The Morgan fingerprint density at radius 3 is 2.73 bits per heavy atom. The minimum absolute atomic E-state index is 0.224. The predicted molar refractivity (Wildman–Crippen MR) is 62.2 cm³/mol. The Kier molecular flexibility index (Phi) is 3.17. The maximum atomic E-state index is 5.73. The quantitative estimate of drug-likeness (QED) is 0.919. The number of ether oxygens (including phenoxy) is 2. The monoisotopic (exact) mass is 271 g/mol. The summed E-state index contributed by atoms with van der Waals surface area (Å²) in [6, 6.07) is 4.20. The van der Waals surface area contributed by atoms with Gasteiger partial charge in [0.2, 0.25) is 6.79 Å². The van der Waals surface area contributed by atoms with Crippen LogP contribution in [-0.2, 0) is 6.42 Å². The minimum atomic E-state index is 0.224. The van der Waals surface area contributed by atoms with Crippen LogP contribution < -0.4 is 15.2 Å². The van der Waals surface area contributed by atoms with Crippen LogP contribution in [0.25, 0.3) is 0 Å². The zero-order chi connectivity index (χ0) is 10.8. The van der Waals surface area contributed by atoms with E-state index < -0.39 is 0 Å². The number of nitrogens with two attached hydrogens (primary N) is 1. The largest absolute Gasteiger partial charge is 0.454 e. The summed E-state index contributed by atoms with van der Waals surface area (Å²) in [4.78, 5) is 0. The molecule has 1 unspecified atom stereocenters. The highest BCUT2D eigenvalue weighted by molar-refractivity contribution is 9.10. The van der Waals surface area contributed by atoms with E-state index in [-0.39, 0.29) is 6.04 Å². The fourth-order valence-corrected chi connectivity index (χ4v) is 2.05. The molecule has 1 aromatic carbocycles. The third-order valence-electron chi connectivity index (χ3n) is 2.41. The zero-order valence-corrected chi connectivity index (χ0v) is 10.2. The molecular formula is C11H14BrNO2. The van der Waals surface area contributed by atoms with Crippen molar-refractivity contribution in [2.24, 2.45) is 5.73 Å². The van der Waals surface area contributed by atoms with E-state index in [0.717, 1.165) is 28.8 Å². The highest BCUT2D eigenvalue weighted by Crippen LogP contribution is 2.37. The second kappa shape index (κ2) is 4.41. The zero-order valence-electron chi connectivity index (χ0n) is 8.63. The maximum absolute atomic E-state index is 5.73. The average Bonchev–Trinajstić information content (AvgIpc) is 2.60. The number of rotatable bonds is 3. The van der Waals surface area contributed by atoms with Gasteiger partial charge in [-0.1, -0.05) is 15.9 Å². The molecule has 0 radical (unpaired) electrons. The summed E-state index contributed by atoms with van der Waals surface area (Å²) in [6.07, 6.45) is 1.92. The molecule has 0 amide bonds. The first-order chi connectivity index (χ1) is 7.16. The first-order valence-corrected chi connectivity index (χ1v) is 5.79. The number of halogens is 1. The molecule has 1 heterocycles. The van der Waals surface area contributed by atoms with Gasteiger partial charge in [-0.15, -0.1) is 0 Å². The van der Waals surface area contributed by atoms with Crippen LogP contribution in [0.15, 0.2) is 16.6 Å². The van der Waals surface area contributed by atoms with Crippen molar-refractivity contribution in [1.82, 2.24) is 0 Å². The van der Waals surface area contributed by atoms with E-state index in [2.05, 4.69) is 15.9 Å². The molecule has 0 saturated heterocycles. The molecule has 0 bridgehead atoms. The van der Waals surface area contributed by atoms with Gasteiger partial charge in [0, 0.05) is 10.5 Å². The Hall–Kier alpha value is -0.740. The lowest BCUT2D eigenvalue weighted by atomic mass is 10.1. The third-order valence-corrected chi connectivity index (χ3v) is 3.15. The summed E-state index contributed by atoms with van der Waals surface area (Å²) >= 11 is 3.52. The van der Waals surface area contributed by atoms with E-state index in [1.54, 1.807) is 0 Å². The Bertz CT molecular complexity index is 366. The summed E-state index contributed by atoms with van der Waals surface area (Å²) in [6.45, 7) is 2.33. The van der Waals surface area contributed by atoms with Crippen molar-refractivity contribution in [3.05, 3.63) is 22.2 Å². The number of aryl methyl sites for hydroxylation is 1. The Morgan fingerprint density at radius 2 is 2.07 bits per heavy atom. The number of hydrogen-bond acceptors (Lipinski definition) is 3. The van der Waals surface area contributed by atoms with Gasteiger partial charge >= 0.3 is 0 Å². The topological polar surface area (TPSA) is 44.5 Å². The third kappa shape index (κ3) is 2.44. The van der Waals surface area contributed by atoms with Crippen LogP contribution in [0.4, 0.5) is 0 Å². The van der Waals surface area contributed by atoms with E-state index >= 15 is 0 Å². The standard InChI is InChI=1S/C11H14BrNO2/c1-7(13)2-3-8-4-10-11(5-9(8)12)15-6-14-10/h4-5,7H,2-3,6,13H2,1H3. The molecule has 15 heavy (non-hydrogen) atoms. The molecule has 0 fully saturated rings. The van der Waals surface area contributed by atoms with Crippen LogP contribution in [-0.4, -0.2) is 12.8 Å². The molecule has 1 atom stereocenters. The summed E-state index contributed by atoms with van der Waals surface area (Å²) in [5.41, 5.74) is 6.95. The molecule has 0 saturated carbocycles. The SMILES string of the molecule is CC(N)CCc1cc2c(cc1Br)OCO2. The lowest BCUT2D eigenvalue weighted by Crippen LogP contribution is -2.15. The number of fused-ring (bicyclic) bond motifs is 1. The second-order valence-electron chi connectivity index (χ2n) is 3.81. The smallest absolute Gasteiger partial charge is 0.231 e. The molecule has 3 nitrogen and oxygen atoms in total. The first-order valence-electron chi connectivity index (χ1n) is 5.00. The van der Waals surface area contributed by atoms with E-state index in [4.69, 9.17) is 15.2 Å². The molecule has 2 N–H and O–H groups in total. The van der Waals surface area contributed by atoms with Crippen LogP contribution in [0.1, 0.15) is 18.9 Å². The highest BCUT2D eigenvalue weighted by atomic mass is 79.9. The van der Waals surface area contributed by atoms with E-state index in [9.17, 15) is 0 Å². The lowest BCUT2D eigenvalue weighted by molar-refractivity contribution is 0.174. The normalized spacial score (nSPS) is 15.4. The van der Waals surface area contributed by atoms with Gasteiger partial charge in [-0.25, -0.2) is 0 Å². The Morgan fingerprint density at radius 1 is 1.40 bits per heavy atom. The molecule has 0 aliphatic carbocycles. The van der Waals surface area contributed by atoms with Crippen molar-refractivity contribution in [1.29, 1.82) is 0 Å². The van der Waals surface area contributed by atoms with Crippen molar-refractivity contribution in [3.8, 4) is 11.5 Å². The number of benzene rings is 1. The van der Waals surface area contributed by atoms with Gasteiger partial charge < -0.3 is 15.2 Å². The molecule has 1 aliphatic heterocycles. The lowest BCUT2D eigenvalue weighted by Gasteiger charge is -2.08. The van der Waals surface area contributed by atoms with E-state index in [1.165, 1.54) is 5.56 Å². The van der Waals surface area contributed by atoms with Crippen LogP contribution in [0.3, 0.4) is 0 Å². The summed E-state index contributed by atoms with van der Waals surface area (Å²) in [5, 5.41) is 0. The van der Waals surface area contributed by atoms with Gasteiger partial charge in [0.15, 0.2) is 11.5 Å². The van der Waals surface area contributed by atoms with Crippen molar-refractivity contribution < 1.29 is 9.47 Å². The molecule has 0 spiro atoms. The van der Waals surface area contributed by atoms with Crippen LogP contribution in [0, 0.1) is 0 Å². The molecular weight excluding hydrogens is 258 g/mol. The van der Waals surface area contributed by atoms with Gasteiger partial charge in [0.25, 0.3) is 0 Å². The molecule has 4 heteroatoms. The van der Waals surface area contributed by atoms with Crippen LogP contribution >= 0.6 is 15.9 Å². The fourth-order valence-electron chi connectivity index (χ4n) is 1.53. The summed E-state index contributed by atoms with van der Waals surface area (Å²) in [5.74, 6) is 1.64. The Labute approximate surface area is 97.7 Å². The molecule has 0 aromatic heterocycles. The van der Waals surface area contributed by atoms with Crippen molar-refractivity contribution in [2.45, 2.75) is 25.8 Å². The van der Waals surface area contributed by atoms with Crippen molar-refractivity contribution >= 4 is 15.9 Å². The highest BCUT2D eigenvalue weighted by Gasteiger charge is 2.16. The average molecular weight is 272 g/mol. The number of hydrogen-bond donors (Lipinski definition) is 1. The van der Waals surface area contributed by atoms with Gasteiger partial charge in [0.05, 0.1) is 0 Å².